The molecule has 0 spiro atoms. The predicted octanol–water partition coefficient (Wildman–Crippen LogP) is 10.7. The van der Waals surface area contributed by atoms with Gasteiger partial charge in [-0.05, 0) is 57.7 Å². The summed E-state index contributed by atoms with van der Waals surface area (Å²) in [6, 6.07) is 30.3. The van der Waals surface area contributed by atoms with Crippen molar-refractivity contribution < 1.29 is 4.79 Å². The first-order chi connectivity index (χ1) is 18.7. The fraction of sp³-hybridized carbons (Fsp3) is 0.324. The molecule has 0 saturated carbocycles. The number of fused-ring (bicyclic) bond motifs is 2. The van der Waals surface area contributed by atoms with E-state index >= 15 is 0 Å². The molecule has 196 valence electrons. The zero-order valence-corrected chi connectivity index (χ0v) is 23.1. The minimum atomic E-state index is 0.0754. The summed E-state index contributed by atoms with van der Waals surface area (Å²) in [5.74, 6) is 0.554. The second-order valence-corrected chi connectivity index (χ2v) is 10.5. The van der Waals surface area contributed by atoms with Crippen molar-refractivity contribution in [2.75, 3.05) is 0 Å². The number of unbranched alkanes of at least 4 members (excludes halogenated alkanes) is 4. The third kappa shape index (κ3) is 7.32. The van der Waals surface area contributed by atoms with Crippen LogP contribution in [0.4, 0.5) is 0 Å². The maximum Gasteiger partial charge on any atom is 0.178 e. The summed E-state index contributed by atoms with van der Waals surface area (Å²) in [6.45, 7) is 4.48. The maximum absolute atomic E-state index is 13.1. The van der Waals surface area contributed by atoms with E-state index < -0.39 is 0 Å². The predicted molar refractivity (Wildman–Crippen MR) is 165 cm³/mol. The summed E-state index contributed by atoms with van der Waals surface area (Å²) in [5.41, 5.74) is 2.64. The minimum Gasteiger partial charge on any atom is -0.290 e. The molecule has 0 heterocycles. The Morgan fingerprint density at radius 1 is 0.579 bits per heavy atom. The van der Waals surface area contributed by atoms with Crippen LogP contribution in [0.5, 0.6) is 0 Å². The van der Waals surface area contributed by atoms with Crippen molar-refractivity contribution in [3.8, 4) is 0 Å². The molecule has 0 aliphatic rings. The second kappa shape index (κ2) is 14.5. The average Bonchev–Trinajstić information content (AvgIpc) is 2.96. The van der Waals surface area contributed by atoms with Gasteiger partial charge in [0.1, 0.15) is 0 Å². The lowest BCUT2D eigenvalue weighted by atomic mass is 9.88. The fourth-order valence-corrected chi connectivity index (χ4v) is 5.56. The van der Waals surface area contributed by atoms with Crippen LogP contribution in [0.2, 0.25) is 0 Å². The number of carbonyl (C=O) groups excluding carboxylic acids is 1. The molecular weight excluding hydrogens is 460 g/mol. The fourth-order valence-electron chi connectivity index (χ4n) is 5.56. The molecule has 0 aromatic heterocycles. The summed E-state index contributed by atoms with van der Waals surface area (Å²) in [5, 5.41) is 5.09. The Balaban J connectivity index is 1.56. The van der Waals surface area contributed by atoms with E-state index in [1.54, 1.807) is 12.2 Å². The minimum absolute atomic E-state index is 0.0754. The van der Waals surface area contributed by atoms with Crippen molar-refractivity contribution in [3.05, 3.63) is 120 Å². The Bertz CT molecular complexity index is 1260. The Morgan fingerprint density at radius 2 is 1.00 bits per heavy atom. The summed E-state index contributed by atoms with van der Waals surface area (Å²) < 4.78 is 0. The highest BCUT2D eigenvalue weighted by Gasteiger charge is 2.14. The number of allylic oxidation sites excluding steroid dienone is 4. The van der Waals surface area contributed by atoms with E-state index in [1.165, 1.54) is 71.2 Å². The molecule has 1 heteroatoms. The van der Waals surface area contributed by atoms with Gasteiger partial charge < -0.3 is 0 Å². The van der Waals surface area contributed by atoms with Gasteiger partial charge in [0.05, 0.1) is 0 Å². The SMILES string of the molecule is CCCCCC(C=CC(=O)C=CC(CCCCC)c1cccc2ccccc12)c1cccc2ccccc12. The van der Waals surface area contributed by atoms with Crippen LogP contribution in [0, 0.1) is 0 Å². The molecule has 0 aliphatic carbocycles. The van der Waals surface area contributed by atoms with Crippen LogP contribution >= 0.6 is 0 Å². The largest absolute Gasteiger partial charge is 0.290 e. The molecule has 4 aromatic carbocycles. The lowest BCUT2D eigenvalue weighted by Crippen LogP contribution is -2.00. The average molecular weight is 503 g/mol. The molecule has 0 aliphatic heterocycles. The van der Waals surface area contributed by atoms with Crippen LogP contribution in [0.3, 0.4) is 0 Å². The molecule has 4 rings (SSSR count). The molecule has 0 fully saturated rings. The van der Waals surface area contributed by atoms with E-state index in [9.17, 15) is 4.79 Å². The molecule has 38 heavy (non-hydrogen) atoms. The highest BCUT2D eigenvalue weighted by molar-refractivity contribution is 5.99. The first-order valence-electron chi connectivity index (χ1n) is 14.6. The highest BCUT2D eigenvalue weighted by Crippen LogP contribution is 2.32. The van der Waals surface area contributed by atoms with Crippen LogP contribution < -0.4 is 0 Å². The van der Waals surface area contributed by atoms with E-state index in [-0.39, 0.29) is 17.6 Å². The van der Waals surface area contributed by atoms with Crippen LogP contribution in [-0.4, -0.2) is 5.78 Å². The standard InChI is InChI=1S/C37H42O/c1-3-5-7-15-31(36-23-13-19-29-17-9-11-21-34(29)36)25-27-33(38)28-26-32(16-8-6-4-2)37-24-14-20-30-18-10-12-22-35(30)37/h9-14,17-28,31-32H,3-8,15-16H2,1-2H3. The van der Waals surface area contributed by atoms with Gasteiger partial charge in [-0.1, -0.05) is 149 Å². The molecule has 4 aromatic rings. The Morgan fingerprint density at radius 3 is 1.45 bits per heavy atom. The molecule has 0 N–H and O–H groups in total. The van der Waals surface area contributed by atoms with Gasteiger partial charge >= 0.3 is 0 Å². The van der Waals surface area contributed by atoms with Gasteiger partial charge in [-0.2, -0.15) is 0 Å². The Labute approximate surface area is 229 Å². The number of rotatable bonds is 14. The monoisotopic (exact) mass is 502 g/mol. The summed E-state index contributed by atoms with van der Waals surface area (Å²) in [7, 11) is 0. The summed E-state index contributed by atoms with van der Waals surface area (Å²) >= 11 is 0. The second-order valence-electron chi connectivity index (χ2n) is 10.5. The van der Waals surface area contributed by atoms with Crippen molar-refractivity contribution in [1.82, 2.24) is 0 Å². The first-order valence-corrected chi connectivity index (χ1v) is 14.6. The summed E-state index contributed by atoms with van der Waals surface area (Å²) in [6.07, 6.45) is 17.2. The molecule has 0 radical (unpaired) electrons. The van der Waals surface area contributed by atoms with Crippen LogP contribution in [-0.2, 0) is 4.79 Å². The Kier molecular flexibility index (Phi) is 10.5. The Hall–Kier alpha value is -3.45. The van der Waals surface area contributed by atoms with Gasteiger partial charge in [-0.3, -0.25) is 4.79 Å². The van der Waals surface area contributed by atoms with Crippen molar-refractivity contribution in [1.29, 1.82) is 0 Å². The number of carbonyl (C=O) groups is 1. The van der Waals surface area contributed by atoms with E-state index in [0.29, 0.717) is 0 Å². The quantitative estimate of drug-likeness (QED) is 0.124. The number of benzene rings is 4. The first kappa shape index (κ1) is 27.6. The topological polar surface area (TPSA) is 17.1 Å². The lowest BCUT2D eigenvalue weighted by molar-refractivity contribution is -0.110. The van der Waals surface area contributed by atoms with Crippen LogP contribution in [0.25, 0.3) is 21.5 Å². The zero-order chi connectivity index (χ0) is 26.6. The lowest BCUT2D eigenvalue weighted by Gasteiger charge is -2.16. The maximum atomic E-state index is 13.1. The number of ketones is 1. The highest BCUT2D eigenvalue weighted by atomic mass is 16.1. The van der Waals surface area contributed by atoms with Crippen LogP contribution in [0.1, 0.15) is 88.2 Å². The van der Waals surface area contributed by atoms with Crippen molar-refractivity contribution in [2.24, 2.45) is 0 Å². The van der Waals surface area contributed by atoms with Gasteiger partial charge in [0.15, 0.2) is 5.78 Å². The third-order valence-electron chi connectivity index (χ3n) is 7.67. The molecule has 1 nitrogen and oxygen atoms in total. The van der Waals surface area contributed by atoms with Gasteiger partial charge in [0.2, 0.25) is 0 Å². The summed E-state index contributed by atoms with van der Waals surface area (Å²) in [4.78, 5) is 13.1. The number of hydrogen-bond donors (Lipinski definition) is 0. The van der Waals surface area contributed by atoms with E-state index in [0.717, 1.165) is 12.8 Å². The zero-order valence-electron chi connectivity index (χ0n) is 23.1. The smallest absolute Gasteiger partial charge is 0.178 e. The molecular formula is C37H42O. The molecule has 2 unspecified atom stereocenters. The van der Waals surface area contributed by atoms with E-state index in [2.05, 4.69) is 111 Å². The van der Waals surface area contributed by atoms with Gasteiger partial charge in [0.25, 0.3) is 0 Å². The molecule has 2 atom stereocenters. The van der Waals surface area contributed by atoms with Gasteiger partial charge in [-0.25, -0.2) is 0 Å². The van der Waals surface area contributed by atoms with Crippen LogP contribution in [0.15, 0.2) is 109 Å². The van der Waals surface area contributed by atoms with Crippen molar-refractivity contribution in [3.63, 3.8) is 0 Å². The van der Waals surface area contributed by atoms with E-state index in [1.807, 2.05) is 0 Å². The molecule has 0 amide bonds. The molecule has 0 bridgehead atoms. The van der Waals surface area contributed by atoms with Gasteiger partial charge in [-0.15, -0.1) is 0 Å². The van der Waals surface area contributed by atoms with E-state index in [4.69, 9.17) is 0 Å². The normalized spacial score (nSPS) is 13.5. The van der Waals surface area contributed by atoms with Crippen molar-refractivity contribution >= 4 is 27.3 Å². The third-order valence-corrected chi connectivity index (χ3v) is 7.67. The van der Waals surface area contributed by atoms with Crippen molar-refractivity contribution in [2.45, 2.75) is 77.0 Å². The molecule has 0 saturated heterocycles. The number of hydrogen-bond acceptors (Lipinski definition) is 1. The van der Waals surface area contributed by atoms with Gasteiger partial charge in [0, 0.05) is 11.8 Å².